The van der Waals surface area contributed by atoms with Crippen LogP contribution in [0.1, 0.15) is 25.0 Å². The van der Waals surface area contributed by atoms with Crippen LogP contribution in [0, 0.1) is 19.8 Å². The van der Waals surface area contributed by atoms with E-state index in [1.165, 1.54) is 6.07 Å². The molecule has 0 fully saturated rings. The van der Waals surface area contributed by atoms with E-state index in [0.717, 1.165) is 21.4 Å². The molecule has 3 aromatic rings. The topological polar surface area (TPSA) is 93.1 Å². The van der Waals surface area contributed by atoms with Crippen molar-refractivity contribution in [2.75, 3.05) is 10.6 Å². The number of carbonyl (C=O) groups is 2. The Morgan fingerprint density at radius 1 is 0.968 bits per heavy atom. The second-order valence-corrected chi connectivity index (χ2v) is 7.78. The average molecular weight is 418 g/mol. The maximum Gasteiger partial charge on any atom is 0.291 e. The van der Waals surface area contributed by atoms with Gasteiger partial charge in [0.25, 0.3) is 5.56 Å². The van der Waals surface area contributed by atoms with E-state index in [-0.39, 0.29) is 30.0 Å². The Balaban J connectivity index is 1.96. The van der Waals surface area contributed by atoms with Crippen molar-refractivity contribution in [2.24, 2.45) is 5.92 Å². The molecule has 0 aliphatic rings. The Hall–Kier alpha value is -3.74. The number of hydrogen-bond acceptors (Lipinski definition) is 4. The van der Waals surface area contributed by atoms with Crippen molar-refractivity contribution in [3.05, 3.63) is 76.1 Å². The van der Waals surface area contributed by atoms with Crippen molar-refractivity contribution < 1.29 is 9.59 Å². The Morgan fingerprint density at radius 3 is 2.35 bits per heavy atom. The molecule has 31 heavy (non-hydrogen) atoms. The summed E-state index contributed by atoms with van der Waals surface area (Å²) < 4.78 is 1.08. The van der Waals surface area contributed by atoms with Gasteiger partial charge in [-0.15, -0.1) is 0 Å². The molecule has 0 unspecified atom stereocenters. The van der Waals surface area contributed by atoms with Crippen LogP contribution in [0.2, 0.25) is 0 Å². The van der Waals surface area contributed by atoms with Gasteiger partial charge < -0.3 is 10.6 Å². The van der Waals surface area contributed by atoms with Gasteiger partial charge in [0.1, 0.15) is 12.2 Å². The fraction of sp³-hybridized carbons (Fsp3) is 0.250. The number of aryl methyl sites for hydroxylation is 2. The number of aromatic nitrogens is 2. The predicted octanol–water partition coefficient (Wildman–Crippen LogP) is 3.76. The minimum Gasteiger partial charge on any atom is -0.324 e. The van der Waals surface area contributed by atoms with Gasteiger partial charge in [-0.2, -0.15) is 5.10 Å². The van der Waals surface area contributed by atoms with E-state index in [1.54, 1.807) is 13.8 Å². The molecule has 0 bridgehead atoms. The monoisotopic (exact) mass is 418 g/mol. The molecular formula is C24H26N4O3. The zero-order valence-corrected chi connectivity index (χ0v) is 18.1. The molecule has 2 N–H and O–H groups in total. The van der Waals surface area contributed by atoms with Crippen LogP contribution in [-0.2, 0) is 16.1 Å². The van der Waals surface area contributed by atoms with Gasteiger partial charge in [-0.3, -0.25) is 14.4 Å². The number of nitrogens with one attached hydrogen (secondary N) is 2. The number of rotatable bonds is 6. The minimum atomic E-state index is -0.537. The maximum atomic E-state index is 12.9. The van der Waals surface area contributed by atoms with Crippen LogP contribution in [-0.4, -0.2) is 21.6 Å². The van der Waals surface area contributed by atoms with Crippen LogP contribution in [0.15, 0.2) is 59.4 Å². The summed E-state index contributed by atoms with van der Waals surface area (Å²) >= 11 is 0. The lowest BCUT2D eigenvalue weighted by Crippen LogP contribution is -2.33. The van der Waals surface area contributed by atoms with Crippen molar-refractivity contribution in [3.63, 3.8) is 0 Å². The van der Waals surface area contributed by atoms with E-state index in [4.69, 9.17) is 0 Å². The molecule has 0 aliphatic heterocycles. The highest BCUT2D eigenvalue weighted by Crippen LogP contribution is 2.19. The molecule has 2 aromatic carbocycles. The van der Waals surface area contributed by atoms with Gasteiger partial charge in [-0.05, 0) is 37.1 Å². The second-order valence-electron chi connectivity index (χ2n) is 7.78. The van der Waals surface area contributed by atoms with E-state index in [1.807, 2.05) is 62.4 Å². The molecule has 160 valence electrons. The summed E-state index contributed by atoms with van der Waals surface area (Å²) in [6, 6.07) is 16.6. The van der Waals surface area contributed by atoms with Gasteiger partial charge in [-0.25, -0.2) is 4.68 Å². The summed E-state index contributed by atoms with van der Waals surface area (Å²) in [4.78, 5) is 37.8. The van der Waals surface area contributed by atoms with Gasteiger partial charge >= 0.3 is 0 Å². The summed E-state index contributed by atoms with van der Waals surface area (Å²) in [6.45, 7) is 7.04. The number of carbonyl (C=O) groups excluding carboxylic acids is 2. The summed E-state index contributed by atoms with van der Waals surface area (Å²) in [6.07, 6.45) is 0. The van der Waals surface area contributed by atoms with Crippen molar-refractivity contribution in [1.29, 1.82) is 0 Å². The highest BCUT2D eigenvalue weighted by molar-refractivity contribution is 5.93. The Labute approximate surface area is 181 Å². The van der Waals surface area contributed by atoms with E-state index < -0.39 is 5.56 Å². The fourth-order valence-electron chi connectivity index (χ4n) is 2.96. The minimum absolute atomic E-state index is 0.0899. The maximum absolute atomic E-state index is 12.9. The molecule has 0 aliphatic carbocycles. The second kappa shape index (κ2) is 9.38. The Kier molecular flexibility index (Phi) is 6.65. The van der Waals surface area contributed by atoms with E-state index in [0.29, 0.717) is 11.4 Å². The lowest BCUT2D eigenvalue weighted by Gasteiger charge is -2.13. The number of nitrogens with zero attached hydrogens (tertiary/aromatic N) is 2. The van der Waals surface area contributed by atoms with Gasteiger partial charge in [0.15, 0.2) is 0 Å². The van der Waals surface area contributed by atoms with Crippen LogP contribution >= 0.6 is 0 Å². The standard InChI is InChI=1S/C24H26N4O3/c1-15(2)23(30)26-21-13-20(18-8-6-5-7-9-18)27-28(24(21)31)14-22(29)25-19-12-16(3)10-11-17(19)4/h5-13,15H,14H2,1-4H3,(H,25,29)(H,26,30). The molecule has 7 nitrogen and oxygen atoms in total. The summed E-state index contributed by atoms with van der Waals surface area (Å²) in [5, 5.41) is 9.86. The smallest absolute Gasteiger partial charge is 0.291 e. The third-order valence-corrected chi connectivity index (χ3v) is 4.79. The lowest BCUT2D eigenvalue weighted by atomic mass is 10.1. The molecule has 0 spiro atoms. The first-order chi connectivity index (χ1) is 14.7. The molecule has 0 radical (unpaired) electrons. The van der Waals surface area contributed by atoms with Crippen LogP contribution in [0.25, 0.3) is 11.3 Å². The highest BCUT2D eigenvalue weighted by atomic mass is 16.2. The van der Waals surface area contributed by atoms with Crippen LogP contribution in [0.4, 0.5) is 11.4 Å². The van der Waals surface area contributed by atoms with Crippen molar-refractivity contribution in [1.82, 2.24) is 9.78 Å². The van der Waals surface area contributed by atoms with Crippen molar-refractivity contribution in [2.45, 2.75) is 34.2 Å². The lowest BCUT2D eigenvalue weighted by molar-refractivity contribution is -0.119. The third kappa shape index (κ3) is 5.45. The van der Waals surface area contributed by atoms with Crippen molar-refractivity contribution >= 4 is 23.2 Å². The molecule has 7 heteroatoms. The number of benzene rings is 2. The van der Waals surface area contributed by atoms with E-state index in [2.05, 4.69) is 15.7 Å². The fourth-order valence-corrected chi connectivity index (χ4v) is 2.96. The number of amides is 2. The summed E-state index contributed by atoms with van der Waals surface area (Å²) in [7, 11) is 0. The van der Waals surface area contributed by atoms with Crippen LogP contribution in [0.3, 0.4) is 0 Å². The van der Waals surface area contributed by atoms with Crippen LogP contribution < -0.4 is 16.2 Å². The molecule has 0 atom stereocenters. The molecule has 1 aromatic heterocycles. The SMILES string of the molecule is Cc1ccc(C)c(NC(=O)Cn2nc(-c3ccccc3)cc(NC(=O)C(C)C)c2=O)c1. The van der Waals surface area contributed by atoms with E-state index >= 15 is 0 Å². The Morgan fingerprint density at radius 2 is 1.68 bits per heavy atom. The quantitative estimate of drug-likeness (QED) is 0.637. The first-order valence-corrected chi connectivity index (χ1v) is 10.1. The zero-order valence-electron chi connectivity index (χ0n) is 18.1. The van der Waals surface area contributed by atoms with Crippen LogP contribution in [0.5, 0.6) is 0 Å². The zero-order chi connectivity index (χ0) is 22.5. The van der Waals surface area contributed by atoms with E-state index in [9.17, 15) is 14.4 Å². The van der Waals surface area contributed by atoms with Gasteiger partial charge in [0.05, 0.1) is 5.69 Å². The van der Waals surface area contributed by atoms with Gasteiger partial charge in [-0.1, -0.05) is 56.3 Å². The molecule has 3 rings (SSSR count). The first-order valence-electron chi connectivity index (χ1n) is 10.1. The first kappa shape index (κ1) is 22.0. The molecule has 0 saturated carbocycles. The summed E-state index contributed by atoms with van der Waals surface area (Å²) in [5.74, 6) is -0.961. The largest absolute Gasteiger partial charge is 0.324 e. The average Bonchev–Trinajstić information content (AvgIpc) is 2.74. The molecule has 2 amide bonds. The molecule has 1 heterocycles. The third-order valence-electron chi connectivity index (χ3n) is 4.79. The summed E-state index contributed by atoms with van der Waals surface area (Å²) in [5.41, 5.74) is 3.43. The van der Waals surface area contributed by atoms with Gasteiger partial charge in [0.2, 0.25) is 11.8 Å². The molecular weight excluding hydrogens is 392 g/mol. The molecule has 0 saturated heterocycles. The van der Waals surface area contributed by atoms with Crippen molar-refractivity contribution in [3.8, 4) is 11.3 Å². The van der Waals surface area contributed by atoms with Gasteiger partial charge in [0, 0.05) is 17.2 Å². The predicted molar refractivity (Wildman–Crippen MR) is 122 cm³/mol. The normalized spacial score (nSPS) is 10.7. The Bertz CT molecular complexity index is 1170. The number of hydrogen-bond donors (Lipinski definition) is 2. The number of anilines is 2. The highest BCUT2D eigenvalue weighted by Gasteiger charge is 2.16.